The number of anilines is 2. The molecule has 0 aliphatic carbocycles. The fraction of sp³-hybridized carbons (Fsp3) is 0.348. The second kappa shape index (κ2) is 12.4. The van der Waals surface area contributed by atoms with Crippen molar-refractivity contribution in [2.75, 3.05) is 42.3 Å². The van der Waals surface area contributed by atoms with Crippen LogP contribution in [0.5, 0.6) is 0 Å². The summed E-state index contributed by atoms with van der Waals surface area (Å²) in [5, 5.41) is 25.2. The number of carbonyl (C=O) groups is 2. The van der Waals surface area contributed by atoms with E-state index in [0.717, 1.165) is 13.1 Å². The topological polar surface area (TPSA) is 151 Å². The fourth-order valence-electron chi connectivity index (χ4n) is 3.50. The summed E-state index contributed by atoms with van der Waals surface area (Å²) >= 11 is 0. The van der Waals surface area contributed by atoms with Crippen molar-refractivity contribution in [3.63, 3.8) is 0 Å². The SMILES string of the molecule is Cc1ccccc1S(=O)(=O)Nc1cc(C(=O)O)ccc1N1CCN(CCC#N)CC1.O=C(O)C(F)(F)F. The van der Waals surface area contributed by atoms with E-state index in [9.17, 15) is 31.5 Å². The Morgan fingerprint density at radius 2 is 1.68 bits per heavy atom. The Labute approximate surface area is 211 Å². The van der Waals surface area contributed by atoms with Crippen molar-refractivity contribution in [1.29, 1.82) is 5.26 Å². The lowest BCUT2D eigenvalue weighted by molar-refractivity contribution is -0.192. The molecule has 0 bridgehead atoms. The molecule has 1 aliphatic heterocycles. The second-order valence-corrected chi connectivity index (χ2v) is 9.60. The Balaban J connectivity index is 0.000000604. The number of nitriles is 1. The van der Waals surface area contributed by atoms with Gasteiger partial charge < -0.3 is 15.1 Å². The molecule has 2 aromatic rings. The number of hydrogen-bond acceptors (Lipinski definition) is 7. The Hall–Kier alpha value is -3.83. The highest BCUT2D eigenvalue weighted by Crippen LogP contribution is 2.31. The molecule has 3 N–H and O–H groups in total. The molecule has 1 heterocycles. The lowest BCUT2D eigenvalue weighted by Crippen LogP contribution is -2.46. The molecule has 0 radical (unpaired) electrons. The van der Waals surface area contributed by atoms with Crippen LogP contribution < -0.4 is 9.62 Å². The first kappa shape index (κ1) is 29.4. The first-order chi connectivity index (χ1) is 17.3. The van der Waals surface area contributed by atoms with Crippen LogP contribution >= 0.6 is 0 Å². The molecule has 10 nitrogen and oxygen atoms in total. The molecule has 1 saturated heterocycles. The van der Waals surface area contributed by atoms with Crippen molar-refractivity contribution in [2.45, 2.75) is 24.4 Å². The first-order valence-corrected chi connectivity index (χ1v) is 12.3. The normalized spacial score (nSPS) is 14.2. The molecular weight excluding hydrogens is 517 g/mol. The number of halogens is 3. The number of piperazine rings is 1. The van der Waals surface area contributed by atoms with Crippen LogP contribution in [0.25, 0.3) is 0 Å². The van der Waals surface area contributed by atoms with Gasteiger partial charge in [-0.2, -0.15) is 18.4 Å². The summed E-state index contributed by atoms with van der Waals surface area (Å²) in [5.74, 6) is -3.88. The zero-order valence-electron chi connectivity index (χ0n) is 19.7. The van der Waals surface area contributed by atoms with Gasteiger partial charge in [0, 0.05) is 39.1 Å². The van der Waals surface area contributed by atoms with Crippen LogP contribution in [0.15, 0.2) is 47.4 Å². The van der Waals surface area contributed by atoms with Crippen molar-refractivity contribution < 1.29 is 41.4 Å². The van der Waals surface area contributed by atoms with Crippen molar-refractivity contribution >= 4 is 33.3 Å². The number of aromatic carboxylic acids is 1. The molecule has 0 spiro atoms. The van der Waals surface area contributed by atoms with E-state index in [1.807, 2.05) is 4.90 Å². The first-order valence-electron chi connectivity index (χ1n) is 10.9. The third-order valence-electron chi connectivity index (χ3n) is 5.37. The quantitative estimate of drug-likeness (QED) is 0.479. The minimum atomic E-state index is -5.08. The predicted octanol–water partition coefficient (Wildman–Crippen LogP) is 3.16. The van der Waals surface area contributed by atoms with Gasteiger partial charge in [-0.15, -0.1) is 0 Å². The van der Waals surface area contributed by atoms with Gasteiger partial charge in [0.25, 0.3) is 10.0 Å². The Bertz CT molecular complexity index is 1270. The van der Waals surface area contributed by atoms with E-state index in [2.05, 4.69) is 15.7 Å². The van der Waals surface area contributed by atoms with Crippen molar-refractivity contribution in [2.24, 2.45) is 0 Å². The number of carboxylic acid groups (broad SMARTS) is 2. The van der Waals surface area contributed by atoms with Gasteiger partial charge in [0.2, 0.25) is 0 Å². The molecule has 0 saturated carbocycles. The van der Waals surface area contributed by atoms with Crippen LogP contribution in [0.2, 0.25) is 0 Å². The summed E-state index contributed by atoms with van der Waals surface area (Å²) in [5.41, 5.74) is 1.49. The number of alkyl halides is 3. The van der Waals surface area contributed by atoms with E-state index in [4.69, 9.17) is 15.2 Å². The molecule has 0 amide bonds. The molecule has 1 fully saturated rings. The molecule has 14 heteroatoms. The average molecular weight is 543 g/mol. The highest BCUT2D eigenvalue weighted by molar-refractivity contribution is 7.92. The van der Waals surface area contributed by atoms with Crippen LogP contribution in [-0.2, 0) is 14.8 Å². The molecule has 200 valence electrons. The number of aryl methyl sites for hydroxylation is 1. The highest BCUT2D eigenvalue weighted by Gasteiger charge is 2.38. The van der Waals surface area contributed by atoms with Gasteiger partial charge in [-0.25, -0.2) is 18.0 Å². The molecule has 37 heavy (non-hydrogen) atoms. The minimum absolute atomic E-state index is 0.00823. The Morgan fingerprint density at radius 1 is 1.08 bits per heavy atom. The molecule has 0 aromatic heterocycles. The maximum atomic E-state index is 13.0. The summed E-state index contributed by atoms with van der Waals surface area (Å²) in [4.78, 5) is 24.7. The molecular formula is C23H25F3N4O6S. The van der Waals surface area contributed by atoms with Crippen LogP contribution in [0.4, 0.5) is 24.5 Å². The lowest BCUT2D eigenvalue weighted by Gasteiger charge is -2.36. The van der Waals surface area contributed by atoms with Gasteiger partial charge in [-0.05, 0) is 36.8 Å². The van der Waals surface area contributed by atoms with Crippen molar-refractivity contribution in [1.82, 2.24) is 4.90 Å². The molecule has 1 aliphatic rings. The molecule has 0 atom stereocenters. The number of carboxylic acids is 2. The zero-order valence-corrected chi connectivity index (χ0v) is 20.5. The summed E-state index contributed by atoms with van der Waals surface area (Å²) in [6.45, 7) is 5.20. The standard InChI is InChI=1S/C21H24N4O4S.C2HF3O2/c1-16-5-2-3-6-20(16)30(28,29)23-18-15-17(21(26)27)7-8-19(18)25-13-11-24(12-14-25)10-4-9-22;3-2(4,5)1(6)7/h2-3,5-8,15,23H,4,10-14H2,1H3,(H,26,27);(H,6,7). The van der Waals surface area contributed by atoms with E-state index < -0.39 is 28.1 Å². The minimum Gasteiger partial charge on any atom is -0.478 e. The monoisotopic (exact) mass is 542 g/mol. The van der Waals surface area contributed by atoms with E-state index in [1.165, 1.54) is 18.2 Å². The van der Waals surface area contributed by atoms with Crippen molar-refractivity contribution in [3.05, 3.63) is 53.6 Å². The van der Waals surface area contributed by atoms with Gasteiger partial charge >= 0.3 is 18.1 Å². The van der Waals surface area contributed by atoms with Crippen LogP contribution in [-0.4, -0.2) is 74.4 Å². The highest BCUT2D eigenvalue weighted by atomic mass is 32.2. The van der Waals surface area contributed by atoms with Gasteiger partial charge in [0.05, 0.1) is 27.9 Å². The van der Waals surface area contributed by atoms with E-state index in [-0.39, 0.29) is 16.1 Å². The summed E-state index contributed by atoms with van der Waals surface area (Å²) in [7, 11) is -3.89. The summed E-state index contributed by atoms with van der Waals surface area (Å²) in [6.07, 6.45) is -4.62. The third kappa shape index (κ3) is 8.36. The molecule has 3 rings (SSSR count). The number of aliphatic carboxylic acids is 1. The average Bonchev–Trinajstić information content (AvgIpc) is 2.83. The number of nitrogens with zero attached hydrogens (tertiary/aromatic N) is 3. The summed E-state index contributed by atoms with van der Waals surface area (Å²) in [6, 6.07) is 13.3. The van der Waals surface area contributed by atoms with E-state index >= 15 is 0 Å². The van der Waals surface area contributed by atoms with Crippen molar-refractivity contribution in [3.8, 4) is 6.07 Å². The zero-order chi connectivity index (χ0) is 27.8. The van der Waals surface area contributed by atoms with Crippen LogP contribution in [0.1, 0.15) is 22.3 Å². The smallest absolute Gasteiger partial charge is 0.478 e. The fourth-order valence-corrected chi connectivity index (χ4v) is 4.82. The van der Waals surface area contributed by atoms with Crippen LogP contribution in [0, 0.1) is 18.3 Å². The predicted molar refractivity (Wildman–Crippen MR) is 128 cm³/mol. The Kier molecular flexibility index (Phi) is 9.87. The molecule has 0 unspecified atom stereocenters. The van der Waals surface area contributed by atoms with E-state index in [0.29, 0.717) is 37.3 Å². The Morgan fingerprint density at radius 3 is 2.19 bits per heavy atom. The van der Waals surface area contributed by atoms with Gasteiger partial charge in [0.1, 0.15) is 0 Å². The number of sulfonamides is 1. The van der Waals surface area contributed by atoms with Crippen LogP contribution in [0.3, 0.4) is 0 Å². The third-order valence-corrected chi connectivity index (χ3v) is 6.89. The van der Waals surface area contributed by atoms with Gasteiger partial charge in [-0.1, -0.05) is 18.2 Å². The number of hydrogen-bond donors (Lipinski definition) is 3. The largest absolute Gasteiger partial charge is 0.490 e. The van der Waals surface area contributed by atoms with E-state index in [1.54, 1.807) is 31.2 Å². The maximum Gasteiger partial charge on any atom is 0.490 e. The summed E-state index contributed by atoms with van der Waals surface area (Å²) < 4.78 is 60.3. The number of benzene rings is 2. The van der Waals surface area contributed by atoms with Gasteiger partial charge in [-0.3, -0.25) is 9.62 Å². The van der Waals surface area contributed by atoms with Gasteiger partial charge in [0.15, 0.2) is 0 Å². The lowest BCUT2D eigenvalue weighted by atomic mass is 10.1. The number of rotatable bonds is 7. The maximum absolute atomic E-state index is 13.0. The molecule has 2 aromatic carbocycles. The second-order valence-electron chi connectivity index (χ2n) is 7.95. The number of nitrogens with one attached hydrogen (secondary N) is 1.